The molecule has 0 fully saturated rings. The van der Waals surface area contributed by atoms with Crippen molar-refractivity contribution in [2.24, 2.45) is 5.84 Å². The van der Waals surface area contributed by atoms with Crippen LogP contribution in [0.3, 0.4) is 0 Å². The first-order chi connectivity index (χ1) is 9.63. The Morgan fingerprint density at radius 2 is 1.80 bits per heavy atom. The Morgan fingerprint density at radius 3 is 2.40 bits per heavy atom. The Kier molecular flexibility index (Phi) is 4.65. The van der Waals surface area contributed by atoms with Crippen LogP contribution in [0.2, 0.25) is 0 Å². The molecular weight excluding hydrogens is 262 g/mol. The van der Waals surface area contributed by atoms with Gasteiger partial charge in [0.2, 0.25) is 0 Å². The third kappa shape index (κ3) is 3.31. The average Bonchev–Trinajstić information content (AvgIpc) is 2.39. The van der Waals surface area contributed by atoms with E-state index in [9.17, 15) is 8.78 Å². The van der Waals surface area contributed by atoms with Gasteiger partial charge in [-0.15, -0.1) is 0 Å². The normalized spacial score (nSPS) is 12.2. The maximum Gasteiger partial charge on any atom is 0.126 e. The van der Waals surface area contributed by atoms with Crippen molar-refractivity contribution in [3.63, 3.8) is 0 Å². The molecule has 0 amide bonds. The van der Waals surface area contributed by atoms with E-state index < -0.39 is 17.7 Å². The third-order valence-corrected chi connectivity index (χ3v) is 2.89. The third-order valence-electron chi connectivity index (χ3n) is 2.89. The molecule has 0 heterocycles. The minimum atomic E-state index is -0.638. The number of ether oxygens (including phenoxy) is 1. The summed E-state index contributed by atoms with van der Waals surface area (Å²) in [5.41, 5.74) is 3.75. The molecule has 1 atom stereocenters. The van der Waals surface area contributed by atoms with Crippen molar-refractivity contribution in [3.05, 3.63) is 65.2 Å². The van der Waals surface area contributed by atoms with E-state index in [0.717, 1.165) is 11.6 Å². The number of rotatable bonds is 5. The zero-order chi connectivity index (χ0) is 14.5. The van der Waals surface area contributed by atoms with Gasteiger partial charge in [-0.25, -0.2) is 14.2 Å². The van der Waals surface area contributed by atoms with Crippen LogP contribution in [0.15, 0.2) is 42.5 Å². The van der Waals surface area contributed by atoms with E-state index in [-0.39, 0.29) is 0 Å². The maximum absolute atomic E-state index is 13.3. The van der Waals surface area contributed by atoms with Crippen molar-refractivity contribution >= 4 is 0 Å². The number of nitrogens with one attached hydrogen (secondary N) is 1. The average molecular weight is 278 g/mol. The first kappa shape index (κ1) is 14.4. The van der Waals surface area contributed by atoms with Gasteiger partial charge < -0.3 is 4.74 Å². The Hall–Kier alpha value is -1.98. The largest absolute Gasteiger partial charge is 0.494 e. The smallest absolute Gasteiger partial charge is 0.126 e. The molecule has 2 aromatic carbocycles. The highest BCUT2D eigenvalue weighted by Crippen LogP contribution is 2.25. The van der Waals surface area contributed by atoms with Crippen LogP contribution in [0.5, 0.6) is 5.75 Å². The first-order valence-corrected chi connectivity index (χ1v) is 6.29. The second kappa shape index (κ2) is 6.45. The summed E-state index contributed by atoms with van der Waals surface area (Å²) < 4.78 is 32.0. The maximum atomic E-state index is 13.3. The van der Waals surface area contributed by atoms with Gasteiger partial charge in [0, 0.05) is 6.07 Å². The second-order valence-corrected chi connectivity index (χ2v) is 4.31. The van der Waals surface area contributed by atoms with Crippen LogP contribution in [0.4, 0.5) is 8.78 Å². The molecule has 0 aromatic heterocycles. The first-order valence-electron chi connectivity index (χ1n) is 6.29. The zero-order valence-electron chi connectivity index (χ0n) is 11.1. The molecule has 2 rings (SSSR count). The molecule has 0 bridgehead atoms. The summed E-state index contributed by atoms with van der Waals surface area (Å²) in [6, 6.07) is 10.0. The van der Waals surface area contributed by atoms with Crippen LogP contribution in [0.25, 0.3) is 0 Å². The Bertz CT molecular complexity index is 570. The number of hydrogen-bond acceptors (Lipinski definition) is 3. The van der Waals surface area contributed by atoms with E-state index in [1.54, 1.807) is 12.1 Å². The molecule has 5 heteroatoms. The number of nitrogens with two attached hydrogens (primary N) is 1. The van der Waals surface area contributed by atoms with Gasteiger partial charge in [-0.3, -0.25) is 5.84 Å². The Balaban J connectivity index is 2.38. The van der Waals surface area contributed by atoms with Gasteiger partial charge in [-0.2, -0.15) is 0 Å². The number of hydrazine groups is 1. The van der Waals surface area contributed by atoms with Crippen molar-refractivity contribution in [2.45, 2.75) is 13.0 Å². The van der Waals surface area contributed by atoms with Crippen molar-refractivity contribution in [1.82, 2.24) is 5.43 Å². The molecule has 106 valence electrons. The van der Waals surface area contributed by atoms with Crippen molar-refractivity contribution < 1.29 is 13.5 Å². The fraction of sp³-hybridized carbons (Fsp3) is 0.200. The molecule has 0 aliphatic rings. The van der Waals surface area contributed by atoms with Gasteiger partial charge >= 0.3 is 0 Å². The molecule has 0 saturated carbocycles. The van der Waals surface area contributed by atoms with Crippen molar-refractivity contribution in [2.75, 3.05) is 6.61 Å². The number of halogens is 2. The predicted molar refractivity (Wildman–Crippen MR) is 73.1 cm³/mol. The summed E-state index contributed by atoms with van der Waals surface area (Å²) in [4.78, 5) is 0. The summed E-state index contributed by atoms with van der Waals surface area (Å²) in [5, 5.41) is 0. The molecular formula is C15H16F2N2O. The molecule has 2 aromatic rings. The highest BCUT2D eigenvalue weighted by molar-refractivity contribution is 5.37. The van der Waals surface area contributed by atoms with Gasteiger partial charge in [0.1, 0.15) is 17.4 Å². The van der Waals surface area contributed by atoms with Gasteiger partial charge in [0.25, 0.3) is 0 Å². The molecule has 3 N–H and O–H groups in total. The van der Waals surface area contributed by atoms with Crippen LogP contribution >= 0.6 is 0 Å². The zero-order valence-corrected chi connectivity index (χ0v) is 11.1. The second-order valence-electron chi connectivity index (χ2n) is 4.31. The number of benzene rings is 2. The lowest BCUT2D eigenvalue weighted by atomic mass is 9.99. The summed E-state index contributed by atoms with van der Waals surface area (Å²) >= 11 is 0. The van der Waals surface area contributed by atoms with E-state index in [1.165, 1.54) is 12.1 Å². The van der Waals surface area contributed by atoms with Crippen molar-refractivity contribution in [3.8, 4) is 5.75 Å². The summed E-state index contributed by atoms with van der Waals surface area (Å²) in [6.45, 7) is 2.42. The van der Waals surface area contributed by atoms with E-state index in [1.807, 2.05) is 19.1 Å². The molecule has 0 aliphatic heterocycles. The lowest BCUT2D eigenvalue weighted by Gasteiger charge is -2.18. The lowest BCUT2D eigenvalue weighted by molar-refractivity contribution is 0.339. The Labute approximate surface area is 116 Å². The molecule has 0 spiro atoms. The summed E-state index contributed by atoms with van der Waals surface area (Å²) in [7, 11) is 0. The van der Waals surface area contributed by atoms with Gasteiger partial charge in [0.05, 0.1) is 12.6 Å². The fourth-order valence-electron chi connectivity index (χ4n) is 2.08. The van der Waals surface area contributed by atoms with Crippen LogP contribution < -0.4 is 16.0 Å². The van der Waals surface area contributed by atoms with Crippen molar-refractivity contribution in [1.29, 1.82) is 0 Å². The lowest BCUT2D eigenvalue weighted by Crippen LogP contribution is -2.29. The SMILES string of the molecule is CCOc1cccc(C(NN)c2cc(F)cc(F)c2)c1. The summed E-state index contributed by atoms with van der Waals surface area (Å²) in [6.07, 6.45) is 0. The predicted octanol–water partition coefficient (Wildman–Crippen LogP) is 2.92. The van der Waals surface area contributed by atoms with Crippen LogP contribution in [-0.2, 0) is 0 Å². The minimum absolute atomic E-state index is 0.415. The van der Waals surface area contributed by atoms with Gasteiger partial charge in [-0.05, 0) is 42.3 Å². The highest BCUT2D eigenvalue weighted by atomic mass is 19.1. The minimum Gasteiger partial charge on any atom is -0.494 e. The molecule has 20 heavy (non-hydrogen) atoms. The van der Waals surface area contributed by atoms with E-state index >= 15 is 0 Å². The standard InChI is InChI=1S/C15H16F2N2O/c1-2-20-14-5-3-4-10(8-14)15(19-18)11-6-12(16)9-13(17)7-11/h3-9,15,19H,2,18H2,1H3. The van der Waals surface area contributed by atoms with Gasteiger partial charge in [0.15, 0.2) is 0 Å². The van der Waals surface area contributed by atoms with Crippen LogP contribution in [0, 0.1) is 11.6 Å². The molecule has 0 saturated heterocycles. The molecule has 0 radical (unpaired) electrons. The fourth-order valence-corrected chi connectivity index (χ4v) is 2.08. The van der Waals surface area contributed by atoms with Crippen LogP contribution in [-0.4, -0.2) is 6.61 Å². The van der Waals surface area contributed by atoms with E-state index in [2.05, 4.69) is 5.43 Å². The monoisotopic (exact) mass is 278 g/mol. The van der Waals surface area contributed by atoms with Gasteiger partial charge in [-0.1, -0.05) is 12.1 Å². The Morgan fingerprint density at radius 1 is 1.10 bits per heavy atom. The molecule has 1 unspecified atom stereocenters. The molecule has 0 aliphatic carbocycles. The number of hydrogen-bond donors (Lipinski definition) is 2. The highest BCUT2D eigenvalue weighted by Gasteiger charge is 2.15. The topological polar surface area (TPSA) is 47.3 Å². The summed E-state index contributed by atoms with van der Waals surface area (Å²) in [5.74, 6) is 4.93. The van der Waals surface area contributed by atoms with Crippen LogP contribution in [0.1, 0.15) is 24.1 Å². The van der Waals surface area contributed by atoms with E-state index in [0.29, 0.717) is 17.9 Å². The molecule has 3 nitrogen and oxygen atoms in total. The quantitative estimate of drug-likeness (QED) is 0.653. The van der Waals surface area contributed by atoms with E-state index in [4.69, 9.17) is 10.6 Å².